The molecule has 4 atom stereocenters. The molecule has 0 rings (SSSR count). The molecule has 0 aromatic heterocycles. The lowest BCUT2D eigenvalue weighted by Gasteiger charge is -2.26. The molecule has 0 aliphatic heterocycles. The maximum Gasteiger partial charge on any atom is 0.328 e. The molecular weight excluding hydrogens is 578 g/mol. The minimum atomic E-state index is -1.70. The second kappa shape index (κ2) is 20.1. The van der Waals surface area contributed by atoms with Crippen LogP contribution in [0.5, 0.6) is 0 Å². The van der Waals surface area contributed by atoms with E-state index in [1.807, 2.05) is 0 Å². The number of carboxylic acids is 1. The molecule has 0 heterocycles. The number of aliphatic hydroxyl groups is 1. The van der Waals surface area contributed by atoms with E-state index in [0.717, 1.165) is 20.8 Å². The second-order valence-corrected chi connectivity index (χ2v) is 9.66. The van der Waals surface area contributed by atoms with E-state index >= 15 is 0 Å². The first-order valence-electron chi connectivity index (χ1n) is 13.4. The Kier molecular flexibility index (Phi) is 18.2. The fraction of sp³-hybridized carbons (Fsp3) is 0.708. The number of amides is 6. The van der Waals surface area contributed by atoms with Crippen molar-refractivity contribution in [2.45, 2.75) is 83.5 Å². The van der Waals surface area contributed by atoms with Crippen molar-refractivity contribution < 1.29 is 59.4 Å². The maximum absolute atomic E-state index is 13.3. The molecule has 0 aromatic carbocycles. The van der Waals surface area contributed by atoms with Gasteiger partial charge in [-0.05, 0) is 38.5 Å². The summed E-state index contributed by atoms with van der Waals surface area (Å²) in [5, 5.41) is 55.2. The van der Waals surface area contributed by atoms with E-state index in [-0.39, 0.29) is 58.2 Å². The predicted octanol–water partition coefficient (Wildman–Crippen LogP) is -3.10. The van der Waals surface area contributed by atoms with Gasteiger partial charge in [-0.1, -0.05) is 0 Å². The third-order valence-corrected chi connectivity index (χ3v) is 6.10. The number of carboxylic acid groups (broad SMARTS) is 1. The molecule has 0 aromatic rings. The van der Waals surface area contributed by atoms with Gasteiger partial charge in [0.2, 0.25) is 35.4 Å². The Balaban J connectivity index is 5.75. The van der Waals surface area contributed by atoms with Crippen molar-refractivity contribution in [1.82, 2.24) is 31.1 Å². The topological polar surface area (TPSA) is 292 Å². The monoisotopic (exact) mass is 621 g/mol. The molecule has 246 valence electrons. The van der Waals surface area contributed by atoms with Crippen molar-refractivity contribution in [1.29, 1.82) is 0 Å². The number of hydrogen-bond acceptors (Lipinski definition) is 12. The molecule has 0 saturated carbocycles. The minimum absolute atomic E-state index is 0.00230. The first-order chi connectivity index (χ1) is 20.0. The molecule has 0 radical (unpaired) electrons. The van der Waals surface area contributed by atoms with Gasteiger partial charge in [0.1, 0.15) is 18.1 Å². The van der Waals surface area contributed by atoms with Crippen molar-refractivity contribution in [3.8, 4) is 0 Å². The van der Waals surface area contributed by atoms with E-state index in [1.165, 1.54) is 0 Å². The Hall–Kier alpha value is -3.91. The molecule has 0 bridgehead atoms. The molecule has 0 saturated heterocycles. The summed E-state index contributed by atoms with van der Waals surface area (Å²) >= 11 is 0. The van der Waals surface area contributed by atoms with Crippen LogP contribution in [-0.2, 0) is 33.6 Å². The van der Waals surface area contributed by atoms with Crippen molar-refractivity contribution >= 4 is 41.4 Å². The SMILES string of the molecule is CC(=O)N(O)CCC[C@H](NC(=O)[C@H](CCCN(O)C(C)=O)NC(=O)[C@@H](N)CCCN(O)C(C)=O)C(=O)N[C@H](CO)C(=O)O. The van der Waals surface area contributed by atoms with Gasteiger partial charge in [0.05, 0.1) is 12.6 Å². The predicted molar refractivity (Wildman–Crippen MR) is 144 cm³/mol. The lowest BCUT2D eigenvalue weighted by molar-refractivity contribution is -0.163. The van der Waals surface area contributed by atoms with Gasteiger partial charge in [0, 0.05) is 40.4 Å². The normalized spacial score (nSPS) is 13.5. The van der Waals surface area contributed by atoms with Crippen molar-refractivity contribution in [2.75, 3.05) is 26.2 Å². The lowest BCUT2D eigenvalue weighted by atomic mass is 10.1. The molecule has 43 heavy (non-hydrogen) atoms. The number of aliphatic hydroxyl groups excluding tert-OH is 1. The van der Waals surface area contributed by atoms with Gasteiger partial charge < -0.3 is 31.9 Å². The van der Waals surface area contributed by atoms with Crippen LogP contribution < -0.4 is 21.7 Å². The smallest absolute Gasteiger partial charge is 0.328 e. The van der Waals surface area contributed by atoms with Gasteiger partial charge in [-0.3, -0.25) is 44.4 Å². The molecule has 0 aliphatic rings. The van der Waals surface area contributed by atoms with Crippen LogP contribution >= 0.6 is 0 Å². The summed E-state index contributed by atoms with van der Waals surface area (Å²) in [5.74, 6) is -6.26. The van der Waals surface area contributed by atoms with Crippen LogP contribution in [0.1, 0.15) is 59.3 Å². The number of nitrogens with two attached hydrogens (primary N) is 1. The number of carbonyl (C=O) groups excluding carboxylic acids is 6. The average Bonchev–Trinajstić information content (AvgIpc) is 2.93. The molecule has 19 heteroatoms. The zero-order valence-electron chi connectivity index (χ0n) is 24.4. The number of nitrogens with zero attached hydrogens (tertiary/aromatic N) is 3. The molecule has 10 N–H and O–H groups in total. The fourth-order valence-electron chi connectivity index (χ4n) is 3.50. The quantitative estimate of drug-likeness (QED) is 0.0481. The highest BCUT2D eigenvalue weighted by molar-refractivity contribution is 5.94. The molecule has 0 spiro atoms. The Bertz CT molecular complexity index is 982. The van der Waals surface area contributed by atoms with E-state index in [0.29, 0.717) is 15.2 Å². The molecular formula is C24H43N7O12. The van der Waals surface area contributed by atoms with Gasteiger partial charge in [0.25, 0.3) is 0 Å². The number of aliphatic carboxylic acids is 1. The number of rotatable bonds is 20. The van der Waals surface area contributed by atoms with Gasteiger partial charge in [-0.2, -0.15) is 0 Å². The van der Waals surface area contributed by atoms with Crippen molar-refractivity contribution in [3.63, 3.8) is 0 Å². The lowest BCUT2D eigenvalue weighted by Crippen LogP contribution is -2.57. The summed E-state index contributed by atoms with van der Waals surface area (Å²) in [7, 11) is 0. The first kappa shape index (κ1) is 39.1. The van der Waals surface area contributed by atoms with Crippen LogP contribution in [0.25, 0.3) is 0 Å². The molecule has 0 fully saturated rings. The van der Waals surface area contributed by atoms with E-state index in [1.54, 1.807) is 0 Å². The van der Waals surface area contributed by atoms with Crippen molar-refractivity contribution in [2.24, 2.45) is 5.73 Å². The Labute approximate surface area is 247 Å². The minimum Gasteiger partial charge on any atom is -0.480 e. The van der Waals surface area contributed by atoms with Gasteiger partial charge in [-0.25, -0.2) is 20.0 Å². The van der Waals surface area contributed by atoms with Gasteiger partial charge >= 0.3 is 5.97 Å². The van der Waals surface area contributed by atoms with Crippen LogP contribution in [0.4, 0.5) is 0 Å². The summed E-state index contributed by atoms with van der Waals surface area (Å²) < 4.78 is 0. The number of carbonyl (C=O) groups is 7. The van der Waals surface area contributed by atoms with E-state index < -0.39 is 72.2 Å². The van der Waals surface area contributed by atoms with Crippen LogP contribution in [0.15, 0.2) is 0 Å². The maximum atomic E-state index is 13.3. The summed E-state index contributed by atoms with van der Waals surface area (Å²) in [6, 6.07) is -5.68. The first-order valence-corrected chi connectivity index (χ1v) is 13.4. The standard InChI is InChI=1S/C24H43N7O12/c1-14(33)29(41)10-4-7-17(25)21(36)26-18(8-5-11-30(42)15(2)34)22(37)27-19(9-6-12-31(43)16(3)35)23(38)28-20(13-32)24(39)40/h17-20,32,41-43H,4-13,25H2,1-3H3,(H,26,36)(H,27,37)(H,28,38)(H,39,40)/t17-,18-,19-,20+/m0/s1. The fourth-order valence-corrected chi connectivity index (χ4v) is 3.50. The van der Waals surface area contributed by atoms with Crippen LogP contribution in [-0.4, -0.2) is 133 Å². The van der Waals surface area contributed by atoms with Crippen LogP contribution in [0.2, 0.25) is 0 Å². The average molecular weight is 622 g/mol. The largest absolute Gasteiger partial charge is 0.480 e. The molecule has 0 aliphatic carbocycles. The Morgan fingerprint density at radius 2 is 0.930 bits per heavy atom. The Morgan fingerprint density at radius 3 is 1.26 bits per heavy atom. The van der Waals surface area contributed by atoms with Gasteiger partial charge in [0.15, 0.2) is 0 Å². The zero-order valence-corrected chi connectivity index (χ0v) is 24.4. The number of hydroxylamine groups is 6. The third-order valence-electron chi connectivity index (χ3n) is 6.10. The summed E-state index contributed by atoms with van der Waals surface area (Å²) in [6.07, 6.45) is -0.242. The second-order valence-electron chi connectivity index (χ2n) is 9.66. The summed E-state index contributed by atoms with van der Waals surface area (Å²) in [4.78, 5) is 83.8. The van der Waals surface area contributed by atoms with Crippen LogP contribution in [0.3, 0.4) is 0 Å². The Morgan fingerprint density at radius 1 is 0.605 bits per heavy atom. The van der Waals surface area contributed by atoms with E-state index in [4.69, 9.17) is 10.8 Å². The highest BCUT2D eigenvalue weighted by Gasteiger charge is 2.30. The zero-order chi connectivity index (χ0) is 33.3. The number of nitrogens with one attached hydrogen (secondary N) is 3. The molecule has 19 nitrogen and oxygen atoms in total. The summed E-state index contributed by atoms with van der Waals surface area (Å²) in [5.41, 5.74) is 5.89. The van der Waals surface area contributed by atoms with E-state index in [9.17, 15) is 54.3 Å². The van der Waals surface area contributed by atoms with Crippen LogP contribution in [0, 0.1) is 0 Å². The highest BCUT2D eigenvalue weighted by Crippen LogP contribution is 2.07. The summed E-state index contributed by atoms with van der Waals surface area (Å²) in [6.45, 7) is 1.82. The number of hydrogen-bond donors (Lipinski definition) is 9. The molecule has 0 unspecified atom stereocenters. The van der Waals surface area contributed by atoms with Crippen molar-refractivity contribution in [3.05, 3.63) is 0 Å². The third kappa shape index (κ3) is 15.8. The van der Waals surface area contributed by atoms with E-state index in [2.05, 4.69) is 16.0 Å². The molecule has 6 amide bonds. The van der Waals surface area contributed by atoms with Gasteiger partial charge in [-0.15, -0.1) is 0 Å². The highest BCUT2D eigenvalue weighted by atomic mass is 16.5.